The summed E-state index contributed by atoms with van der Waals surface area (Å²) >= 11 is 3.45. The summed E-state index contributed by atoms with van der Waals surface area (Å²) in [6.45, 7) is 6.32. The van der Waals surface area contributed by atoms with Gasteiger partial charge in [0, 0.05) is 30.0 Å². The summed E-state index contributed by atoms with van der Waals surface area (Å²) in [5.74, 6) is 0.107. The lowest BCUT2D eigenvalue weighted by atomic mass is 10.0. The van der Waals surface area contributed by atoms with Crippen LogP contribution in [0.3, 0.4) is 0 Å². The van der Waals surface area contributed by atoms with Crippen molar-refractivity contribution in [2.24, 2.45) is 5.92 Å². The quantitative estimate of drug-likeness (QED) is 0.280. The van der Waals surface area contributed by atoms with Crippen LogP contribution in [0, 0.1) is 5.92 Å². The fourth-order valence-electron chi connectivity index (χ4n) is 4.67. The maximum absolute atomic E-state index is 14.3. The second-order valence-corrected chi connectivity index (χ2v) is 13.8. The Balaban J connectivity index is 1.73. The molecule has 0 spiro atoms. The number of sulfonamides is 1. The monoisotopic (exact) mass is 671 g/mol. The maximum atomic E-state index is 14.3. The lowest BCUT2D eigenvalue weighted by Crippen LogP contribution is -2.54. The molecular weight excluding hydrogens is 634 g/mol. The molecule has 0 radical (unpaired) electrons. The van der Waals surface area contributed by atoms with E-state index in [0.717, 1.165) is 19.9 Å². The number of halogens is 1. The summed E-state index contributed by atoms with van der Waals surface area (Å²) in [7, 11) is -3.89. The number of carbonyl (C=O) groups excluding carboxylic acids is 2. The smallest absolute Gasteiger partial charge is 0.244 e. The van der Waals surface area contributed by atoms with E-state index in [1.165, 1.54) is 11.8 Å². The lowest BCUT2D eigenvalue weighted by molar-refractivity contribution is -0.140. The molecule has 1 aliphatic heterocycles. The summed E-state index contributed by atoms with van der Waals surface area (Å²) in [5, 5.41) is 2.99. The van der Waals surface area contributed by atoms with Crippen molar-refractivity contribution in [3.63, 3.8) is 0 Å². The first-order valence-corrected chi connectivity index (χ1v) is 16.7. The van der Waals surface area contributed by atoms with Crippen LogP contribution in [0.2, 0.25) is 0 Å². The van der Waals surface area contributed by atoms with E-state index >= 15 is 0 Å². The summed E-state index contributed by atoms with van der Waals surface area (Å²) in [6.07, 6.45) is 0.261. The molecule has 3 aromatic carbocycles. The van der Waals surface area contributed by atoms with Crippen molar-refractivity contribution in [2.45, 2.75) is 39.8 Å². The molecule has 11 heteroatoms. The first-order valence-electron chi connectivity index (χ1n) is 14.3. The number of rotatable bonds is 13. The summed E-state index contributed by atoms with van der Waals surface area (Å²) in [5.41, 5.74) is 1.97. The van der Waals surface area contributed by atoms with Crippen molar-refractivity contribution in [1.82, 2.24) is 10.2 Å². The molecule has 0 saturated heterocycles. The summed E-state index contributed by atoms with van der Waals surface area (Å²) in [6, 6.07) is 20.9. The fourth-order valence-corrected chi connectivity index (χ4v) is 5.99. The molecule has 4 rings (SSSR count). The molecule has 1 aliphatic rings. The van der Waals surface area contributed by atoms with E-state index in [1.807, 2.05) is 68.4 Å². The molecule has 1 N–H and O–H groups in total. The van der Waals surface area contributed by atoms with E-state index < -0.39 is 28.5 Å². The van der Waals surface area contributed by atoms with Crippen LogP contribution in [0.4, 0.5) is 5.69 Å². The van der Waals surface area contributed by atoms with Crippen molar-refractivity contribution >= 4 is 43.5 Å². The molecule has 3 aromatic rings. The number of hydrogen-bond donors (Lipinski definition) is 1. The number of nitrogens with zero attached hydrogens (tertiary/aromatic N) is 2. The average molecular weight is 673 g/mol. The van der Waals surface area contributed by atoms with Crippen LogP contribution in [-0.2, 0) is 32.6 Å². The van der Waals surface area contributed by atoms with Crippen LogP contribution in [0.1, 0.15) is 31.9 Å². The molecular formula is C32H38BrN3O6S. The zero-order valence-corrected chi connectivity index (χ0v) is 27.1. The highest BCUT2D eigenvalue weighted by molar-refractivity contribution is 9.10. The van der Waals surface area contributed by atoms with Gasteiger partial charge < -0.3 is 19.7 Å². The molecule has 0 aliphatic carbocycles. The standard InChI is InChI=1S/C32H38BrN3O6S/c1-4-43(39,40)36(27-14-15-29-30(19-27)42-17-16-41-29)22-31(37)35(21-25-10-12-26(33)13-11-25)28(32(38)34-20-23(2)3)18-24-8-6-5-7-9-24/h5-15,19,23,28H,4,16-18,20-22H2,1-3H3,(H,34,38)/t28-/m1/s1. The Kier molecular flexibility index (Phi) is 11.1. The van der Waals surface area contributed by atoms with Crippen molar-refractivity contribution < 1.29 is 27.5 Å². The molecule has 9 nitrogen and oxygen atoms in total. The van der Waals surface area contributed by atoms with Crippen molar-refractivity contribution in [3.8, 4) is 11.5 Å². The van der Waals surface area contributed by atoms with Crippen LogP contribution in [0.15, 0.2) is 77.3 Å². The molecule has 2 amide bonds. The first kappa shape index (κ1) is 32.3. The van der Waals surface area contributed by atoms with Gasteiger partial charge in [-0.1, -0.05) is 72.2 Å². The molecule has 1 atom stereocenters. The number of anilines is 1. The number of nitrogens with one attached hydrogen (secondary N) is 1. The Labute approximate surface area is 262 Å². The maximum Gasteiger partial charge on any atom is 0.244 e. The van der Waals surface area contributed by atoms with Crippen molar-refractivity contribution in [3.05, 3.63) is 88.4 Å². The van der Waals surface area contributed by atoms with Gasteiger partial charge in [-0.15, -0.1) is 0 Å². The number of amides is 2. The summed E-state index contributed by atoms with van der Waals surface area (Å²) in [4.78, 5) is 29.5. The Morgan fingerprint density at radius 2 is 1.60 bits per heavy atom. The van der Waals surface area contributed by atoms with Crippen LogP contribution in [-0.4, -0.2) is 63.2 Å². The predicted octanol–water partition coefficient (Wildman–Crippen LogP) is 4.79. The van der Waals surface area contributed by atoms with E-state index in [-0.39, 0.29) is 36.2 Å². The van der Waals surface area contributed by atoms with Gasteiger partial charge >= 0.3 is 0 Å². The third-order valence-corrected chi connectivity index (χ3v) is 9.28. The van der Waals surface area contributed by atoms with E-state index in [0.29, 0.717) is 31.3 Å². The van der Waals surface area contributed by atoms with Gasteiger partial charge in [-0.2, -0.15) is 0 Å². The highest BCUT2D eigenvalue weighted by Crippen LogP contribution is 2.35. The highest BCUT2D eigenvalue weighted by atomic mass is 79.9. The molecule has 43 heavy (non-hydrogen) atoms. The summed E-state index contributed by atoms with van der Waals surface area (Å²) < 4.78 is 40.0. The predicted molar refractivity (Wildman–Crippen MR) is 171 cm³/mol. The zero-order valence-electron chi connectivity index (χ0n) is 24.7. The minimum absolute atomic E-state index is 0.111. The van der Waals surface area contributed by atoms with Gasteiger partial charge in [0.15, 0.2) is 11.5 Å². The van der Waals surface area contributed by atoms with E-state index in [9.17, 15) is 18.0 Å². The molecule has 0 unspecified atom stereocenters. The second kappa shape index (κ2) is 14.7. The minimum Gasteiger partial charge on any atom is -0.486 e. The van der Waals surface area contributed by atoms with Gasteiger partial charge in [-0.05, 0) is 48.2 Å². The van der Waals surface area contributed by atoms with Crippen LogP contribution < -0.4 is 19.1 Å². The lowest BCUT2D eigenvalue weighted by Gasteiger charge is -2.34. The Morgan fingerprint density at radius 1 is 0.930 bits per heavy atom. The molecule has 0 aromatic heterocycles. The van der Waals surface area contributed by atoms with Crippen molar-refractivity contribution in [1.29, 1.82) is 0 Å². The molecule has 0 bridgehead atoms. The molecule has 230 valence electrons. The molecule has 0 saturated carbocycles. The van der Waals surface area contributed by atoms with Gasteiger partial charge in [0.05, 0.1) is 11.4 Å². The van der Waals surface area contributed by atoms with E-state index in [1.54, 1.807) is 18.2 Å². The second-order valence-electron chi connectivity index (χ2n) is 10.7. The Morgan fingerprint density at radius 3 is 2.26 bits per heavy atom. The van der Waals surface area contributed by atoms with Gasteiger partial charge in [0.25, 0.3) is 0 Å². The third-order valence-electron chi connectivity index (χ3n) is 7.02. The highest BCUT2D eigenvalue weighted by Gasteiger charge is 2.34. The first-order chi connectivity index (χ1) is 20.6. The number of hydrogen-bond acceptors (Lipinski definition) is 6. The number of ether oxygens (including phenoxy) is 2. The molecule has 0 fully saturated rings. The average Bonchev–Trinajstić information content (AvgIpc) is 3.01. The van der Waals surface area contributed by atoms with Gasteiger partial charge in [0.1, 0.15) is 25.8 Å². The van der Waals surface area contributed by atoms with Crippen LogP contribution in [0.5, 0.6) is 11.5 Å². The number of carbonyl (C=O) groups is 2. The van der Waals surface area contributed by atoms with Gasteiger partial charge in [-0.3, -0.25) is 13.9 Å². The number of benzene rings is 3. The van der Waals surface area contributed by atoms with Gasteiger partial charge in [0.2, 0.25) is 21.8 Å². The Hall–Kier alpha value is -3.57. The van der Waals surface area contributed by atoms with Crippen LogP contribution >= 0.6 is 15.9 Å². The Bertz CT molecular complexity index is 1500. The fraction of sp³-hybridized carbons (Fsp3) is 0.375. The third kappa shape index (κ3) is 8.73. The van der Waals surface area contributed by atoms with Crippen LogP contribution in [0.25, 0.3) is 0 Å². The topological polar surface area (TPSA) is 105 Å². The largest absolute Gasteiger partial charge is 0.486 e. The number of fused-ring (bicyclic) bond motifs is 1. The SMILES string of the molecule is CCS(=O)(=O)N(CC(=O)N(Cc1ccc(Br)cc1)[C@H](Cc1ccccc1)C(=O)NCC(C)C)c1ccc2c(c1)OCCO2. The minimum atomic E-state index is -3.89. The normalized spacial score (nSPS) is 13.3. The van der Waals surface area contributed by atoms with Gasteiger partial charge in [-0.25, -0.2) is 8.42 Å². The zero-order chi connectivity index (χ0) is 31.0. The molecule has 1 heterocycles. The van der Waals surface area contributed by atoms with Crippen molar-refractivity contribution in [2.75, 3.05) is 36.4 Å². The van der Waals surface area contributed by atoms with E-state index in [2.05, 4.69) is 21.2 Å². The van der Waals surface area contributed by atoms with E-state index in [4.69, 9.17) is 9.47 Å².